The van der Waals surface area contributed by atoms with Crippen LogP contribution in [-0.4, -0.2) is 53.8 Å². The standard InChI is InChI=1S/C24H25FN4O2/c1-17-3-8-21(15-18(17)2)31-16-24(30)29-13-11-28(12-14-29)23-10-9-22(26-27-23)19-4-6-20(25)7-5-19/h3-10,15H,11-14,16H2,1-2H3. The second-order valence-electron chi connectivity index (χ2n) is 7.69. The molecule has 2 heterocycles. The number of hydrogen-bond donors (Lipinski definition) is 0. The van der Waals surface area contributed by atoms with E-state index in [1.807, 2.05) is 49.1 Å². The molecule has 1 aliphatic heterocycles. The fourth-order valence-corrected chi connectivity index (χ4v) is 3.49. The molecule has 0 spiro atoms. The summed E-state index contributed by atoms with van der Waals surface area (Å²) in [5.74, 6) is 1.19. The number of aromatic nitrogens is 2. The lowest BCUT2D eigenvalue weighted by Crippen LogP contribution is -2.50. The van der Waals surface area contributed by atoms with E-state index < -0.39 is 0 Å². The maximum absolute atomic E-state index is 13.1. The number of carbonyl (C=O) groups excluding carboxylic acids is 1. The first-order chi connectivity index (χ1) is 15.0. The van der Waals surface area contributed by atoms with Crippen molar-refractivity contribution in [3.8, 4) is 17.0 Å². The summed E-state index contributed by atoms with van der Waals surface area (Å²) in [6.45, 7) is 6.68. The Morgan fingerprint density at radius 2 is 1.68 bits per heavy atom. The number of carbonyl (C=O) groups is 1. The lowest BCUT2D eigenvalue weighted by Gasteiger charge is -2.35. The van der Waals surface area contributed by atoms with Crippen molar-refractivity contribution in [3.05, 3.63) is 71.5 Å². The highest BCUT2D eigenvalue weighted by Crippen LogP contribution is 2.20. The van der Waals surface area contributed by atoms with Crippen molar-refractivity contribution in [3.63, 3.8) is 0 Å². The SMILES string of the molecule is Cc1ccc(OCC(=O)N2CCN(c3ccc(-c4ccc(F)cc4)nn3)CC2)cc1C. The van der Waals surface area contributed by atoms with Crippen LogP contribution in [0.1, 0.15) is 11.1 Å². The molecule has 1 aromatic heterocycles. The van der Waals surface area contributed by atoms with E-state index in [1.54, 1.807) is 12.1 Å². The maximum Gasteiger partial charge on any atom is 0.260 e. The normalized spacial score (nSPS) is 13.9. The van der Waals surface area contributed by atoms with Crippen LogP contribution >= 0.6 is 0 Å². The Bertz CT molecular complexity index is 1050. The molecular weight excluding hydrogens is 395 g/mol. The molecule has 1 saturated heterocycles. The van der Waals surface area contributed by atoms with Crippen LogP contribution in [0.4, 0.5) is 10.2 Å². The van der Waals surface area contributed by atoms with E-state index in [9.17, 15) is 9.18 Å². The first kappa shape index (κ1) is 20.8. The third-order valence-corrected chi connectivity index (χ3v) is 5.59. The molecule has 6 nitrogen and oxygen atoms in total. The van der Waals surface area contributed by atoms with Gasteiger partial charge in [-0.15, -0.1) is 10.2 Å². The van der Waals surface area contributed by atoms with Crippen molar-refractivity contribution in [2.24, 2.45) is 0 Å². The predicted molar refractivity (Wildman–Crippen MR) is 118 cm³/mol. The Hall–Kier alpha value is -3.48. The van der Waals surface area contributed by atoms with E-state index in [-0.39, 0.29) is 18.3 Å². The summed E-state index contributed by atoms with van der Waals surface area (Å²) in [6.07, 6.45) is 0. The Kier molecular flexibility index (Phi) is 6.11. The quantitative estimate of drug-likeness (QED) is 0.631. The predicted octanol–water partition coefficient (Wildman–Crippen LogP) is 3.63. The van der Waals surface area contributed by atoms with Gasteiger partial charge in [-0.05, 0) is 73.5 Å². The molecule has 0 bridgehead atoms. The number of aryl methyl sites for hydroxylation is 2. The van der Waals surface area contributed by atoms with Gasteiger partial charge in [0.2, 0.25) is 0 Å². The van der Waals surface area contributed by atoms with Crippen LogP contribution in [0.15, 0.2) is 54.6 Å². The van der Waals surface area contributed by atoms with Crippen LogP contribution in [0.25, 0.3) is 11.3 Å². The number of anilines is 1. The summed E-state index contributed by atoms with van der Waals surface area (Å²) < 4.78 is 18.8. The van der Waals surface area contributed by atoms with Gasteiger partial charge in [0.1, 0.15) is 11.6 Å². The highest BCUT2D eigenvalue weighted by Gasteiger charge is 2.22. The van der Waals surface area contributed by atoms with Gasteiger partial charge in [0.25, 0.3) is 5.91 Å². The Balaban J connectivity index is 1.29. The number of amides is 1. The Labute approximate surface area is 181 Å². The minimum atomic E-state index is -0.278. The van der Waals surface area contributed by atoms with Gasteiger partial charge in [-0.3, -0.25) is 4.79 Å². The maximum atomic E-state index is 13.1. The van der Waals surface area contributed by atoms with Crippen molar-refractivity contribution in [1.82, 2.24) is 15.1 Å². The number of halogens is 1. The van der Waals surface area contributed by atoms with Crippen molar-refractivity contribution < 1.29 is 13.9 Å². The molecule has 3 aromatic rings. The van der Waals surface area contributed by atoms with Crippen molar-refractivity contribution in [1.29, 1.82) is 0 Å². The van der Waals surface area contributed by atoms with Crippen LogP contribution < -0.4 is 9.64 Å². The smallest absolute Gasteiger partial charge is 0.260 e. The van der Waals surface area contributed by atoms with Gasteiger partial charge < -0.3 is 14.5 Å². The summed E-state index contributed by atoms with van der Waals surface area (Å²) >= 11 is 0. The molecular formula is C24H25FN4O2. The monoisotopic (exact) mass is 420 g/mol. The van der Waals surface area contributed by atoms with Crippen molar-refractivity contribution in [2.45, 2.75) is 13.8 Å². The molecule has 160 valence electrons. The molecule has 0 atom stereocenters. The summed E-state index contributed by atoms with van der Waals surface area (Å²) in [6, 6.07) is 15.8. The summed E-state index contributed by atoms with van der Waals surface area (Å²) in [5.41, 5.74) is 3.86. The van der Waals surface area contributed by atoms with E-state index >= 15 is 0 Å². The van der Waals surface area contributed by atoms with E-state index in [1.165, 1.54) is 17.7 Å². The fraction of sp³-hybridized carbons (Fsp3) is 0.292. The number of hydrogen-bond acceptors (Lipinski definition) is 5. The first-order valence-electron chi connectivity index (χ1n) is 10.3. The fourth-order valence-electron chi connectivity index (χ4n) is 3.49. The van der Waals surface area contributed by atoms with Gasteiger partial charge in [-0.25, -0.2) is 4.39 Å². The lowest BCUT2D eigenvalue weighted by atomic mass is 10.1. The highest BCUT2D eigenvalue weighted by molar-refractivity contribution is 5.78. The van der Waals surface area contributed by atoms with E-state index in [0.29, 0.717) is 37.6 Å². The first-order valence-corrected chi connectivity index (χ1v) is 10.3. The topological polar surface area (TPSA) is 58.6 Å². The van der Waals surface area contributed by atoms with Gasteiger partial charge in [-0.1, -0.05) is 6.07 Å². The molecule has 0 N–H and O–H groups in total. The van der Waals surface area contributed by atoms with Crippen LogP contribution in [0.2, 0.25) is 0 Å². The number of ether oxygens (including phenoxy) is 1. The van der Waals surface area contributed by atoms with E-state index in [2.05, 4.69) is 15.1 Å². The zero-order valence-corrected chi connectivity index (χ0v) is 17.7. The average molecular weight is 420 g/mol. The van der Waals surface area contributed by atoms with Gasteiger partial charge >= 0.3 is 0 Å². The average Bonchev–Trinajstić information content (AvgIpc) is 2.80. The summed E-state index contributed by atoms with van der Waals surface area (Å²) in [5, 5.41) is 8.59. The minimum Gasteiger partial charge on any atom is -0.484 e. The zero-order valence-electron chi connectivity index (χ0n) is 17.7. The Morgan fingerprint density at radius 3 is 2.32 bits per heavy atom. The van der Waals surface area contributed by atoms with Gasteiger partial charge in [-0.2, -0.15) is 0 Å². The Morgan fingerprint density at radius 1 is 0.935 bits per heavy atom. The molecule has 31 heavy (non-hydrogen) atoms. The third kappa shape index (κ3) is 4.99. The molecule has 0 saturated carbocycles. The second-order valence-corrected chi connectivity index (χ2v) is 7.69. The highest BCUT2D eigenvalue weighted by atomic mass is 19.1. The molecule has 0 unspecified atom stereocenters. The molecule has 1 aliphatic rings. The lowest BCUT2D eigenvalue weighted by molar-refractivity contribution is -0.133. The largest absolute Gasteiger partial charge is 0.484 e. The molecule has 1 amide bonds. The van der Waals surface area contributed by atoms with Crippen LogP contribution in [0.3, 0.4) is 0 Å². The van der Waals surface area contributed by atoms with Gasteiger partial charge in [0, 0.05) is 31.7 Å². The minimum absolute atomic E-state index is 0.0179. The van der Waals surface area contributed by atoms with Gasteiger partial charge in [0.05, 0.1) is 5.69 Å². The number of benzene rings is 2. The second kappa shape index (κ2) is 9.12. The summed E-state index contributed by atoms with van der Waals surface area (Å²) in [7, 11) is 0. The van der Waals surface area contributed by atoms with Crippen LogP contribution in [-0.2, 0) is 4.79 Å². The molecule has 0 aliphatic carbocycles. The van der Waals surface area contributed by atoms with Gasteiger partial charge in [0.15, 0.2) is 12.4 Å². The van der Waals surface area contributed by atoms with E-state index in [0.717, 1.165) is 16.9 Å². The van der Waals surface area contributed by atoms with Crippen LogP contribution in [0.5, 0.6) is 5.75 Å². The van der Waals surface area contributed by atoms with E-state index in [4.69, 9.17) is 4.74 Å². The summed E-state index contributed by atoms with van der Waals surface area (Å²) in [4.78, 5) is 16.4. The molecule has 7 heteroatoms. The van der Waals surface area contributed by atoms with Crippen molar-refractivity contribution >= 4 is 11.7 Å². The molecule has 0 radical (unpaired) electrons. The zero-order chi connectivity index (χ0) is 21.8. The number of rotatable bonds is 5. The molecule has 1 fully saturated rings. The number of nitrogens with zero attached hydrogens (tertiary/aromatic N) is 4. The third-order valence-electron chi connectivity index (χ3n) is 5.59. The number of piperazine rings is 1. The van der Waals surface area contributed by atoms with Crippen LogP contribution in [0, 0.1) is 19.7 Å². The van der Waals surface area contributed by atoms with Crippen molar-refractivity contribution in [2.75, 3.05) is 37.7 Å². The molecule has 4 rings (SSSR count). The molecule has 2 aromatic carbocycles.